The Hall–Kier alpha value is -0.670. The monoisotopic (exact) mass is 323 g/mol. The van der Waals surface area contributed by atoms with E-state index in [1.807, 2.05) is 24.5 Å². The summed E-state index contributed by atoms with van der Waals surface area (Å²) in [5.74, 6) is 2.34. The Morgan fingerprint density at radius 2 is 2.19 bits per heavy atom. The molecule has 2 saturated carbocycles. The Morgan fingerprint density at radius 1 is 1.38 bits per heavy atom. The lowest BCUT2D eigenvalue weighted by Gasteiger charge is -2.28. The summed E-state index contributed by atoms with van der Waals surface area (Å²) in [4.78, 5) is 13.6. The van der Waals surface area contributed by atoms with Crippen molar-refractivity contribution in [2.24, 2.45) is 17.8 Å². The standard InChI is InChI=1S/C17H22ClNOS/c1-10(14-8-11-3-4-12(14)7-11)19-17(20)15-9-13(21-2)5-6-16(15)18/h5-6,9-12,14H,3-4,7-8H2,1-2H3,(H,19,20)/t10-,11+,12+,14-/m1/s1. The molecule has 0 aromatic heterocycles. The van der Waals surface area contributed by atoms with Crippen LogP contribution in [0.5, 0.6) is 0 Å². The first-order valence-electron chi connectivity index (χ1n) is 7.73. The Labute approximate surface area is 136 Å². The second-order valence-electron chi connectivity index (χ2n) is 6.45. The van der Waals surface area contributed by atoms with Crippen molar-refractivity contribution in [1.29, 1.82) is 0 Å². The van der Waals surface area contributed by atoms with Crippen molar-refractivity contribution in [3.8, 4) is 0 Å². The smallest absolute Gasteiger partial charge is 0.253 e. The minimum Gasteiger partial charge on any atom is -0.349 e. The number of hydrogen-bond acceptors (Lipinski definition) is 2. The molecule has 1 aromatic carbocycles. The van der Waals surface area contributed by atoms with Crippen molar-refractivity contribution < 1.29 is 4.79 Å². The molecule has 2 fully saturated rings. The van der Waals surface area contributed by atoms with Gasteiger partial charge in [0.2, 0.25) is 0 Å². The van der Waals surface area contributed by atoms with Gasteiger partial charge in [0.15, 0.2) is 0 Å². The first-order chi connectivity index (χ1) is 10.1. The highest BCUT2D eigenvalue weighted by atomic mass is 35.5. The number of hydrogen-bond donors (Lipinski definition) is 1. The maximum absolute atomic E-state index is 12.5. The Balaban J connectivity index is 1.68. The quantitative estimate of drug-likeness (QED) is 0.819. The van der Waals surface area contributed by atoms with E-state index in [2.05, 4.69) is 12.2 Å². The van der Waals surface area contributed by atoms with Crippen molar-refractivity contribution in [2.75, 3.05) is 6.26 Å². The molecule has 1 aromatic rings. The van der Waals surface area contributed by atoms with Crippen LogP contribution in [-0.2, 0) is 0 Å². The fourth-order valence-corrected chi connectivity index (χ4v) is 4.75. The lowest BCUT2D eigenvalue weighted by Crippen LogP contribution is -2.40. The highest BCUT2D eigenvalue weighted by Crippen LogP contribution is 2.49. The minimum atomic E-state index is -0.0360. The van der Waals surface area contributed by atoms with Crippen LogP contribution in [0.25, 0.3) is 0 Å². The molecule has 0 radical (unpaired) electrons. The number of carbonyl (C=O) groups is 1. The average molecular weight is 324 g/mol. The molecule has 4 atom stereocenters. The summed E-state index contributed by atoms with van der Waals surface area (Å²) in [5, 5.41) is 3.72. The van der Waals surface area contributed by atoms with Crippen LogP contribution in [0.3, 0.4) is 0 Å². The third kappa shape index (κ3) is 3.09. The van der Waals surface area contributed by atoms with Crippen LogP contribution in [0, 0.1) is 17.8 Å². The van der Waals surface area contributed by atoms with Crippen molar-refractivity contribution >= 4 is 29.3 Å². The zero-order valence-electron chi connectivity index (χ0n) is 12.6. The molecule has 21 heavy (non-hydrogen) atoms. The lowest BCUT2D eigenvalue weighted by atomic mass is 9.84. The molecule has 114 valence electrons. The fraction of sp³-hybridized carbons (Fsp3) is 0.588. The van der Waals surface area contributed by atoms with E-state index in [0.29, 0.717) is 16.5 Å². The van der Waals surface area contributed by atoms with E-state index >= 15 is 0 Å². The lowest BCUT2D eigenvalue weighted by molar-refractivity contribution is 0.0915. The van der Waals surface area contributed by atoms with E-state index in [1.54, 1.807) is 11.8 Å². The molecular weight excluding hydrogens is 302 g/mol. The summed E-state index contributed by atoms with van der Waals surface area (Å²) in [7, 11) is 0. The first kappa shape index (κ1) is 15.2. The number of amides is 1. The molecule has 0 heterocycles. The zero-order chi connectivity index (χ0) is 15.0. The number of benzene rings is 1. The second kappa shape index (κ2) is 6.21. The normalized spacial score (nSPS) is 28.6. The highest BCUT2D eigenvalue weighted by Gasteiger charge is 2.42. The SMILES string of the molecule is CSc1ccc(Cl)c(C(=O)N[C@H](C)[C@H]2C[C@H]3CC[C@H]2C3)c1. The fourth-order valence-electron chi connectivity index (χ4n) is 4.10. The Morgan fingerprint density at radius 3 is 2.81 bits per heavy atom. The molecule has 1 N–H and O–H groups in total. The van der Waals surface area contributed by atoms with Crippen LogP contribution >= 0.6 is 23.4 Å². The summed E-state index contributed by atoms with van der Waals surface area (Å²) in [5.41, 5.74) is 0.596. The third-order valence-electron chi connectivity index (χ3n) is 5.21. The van der Waals surface area contributed by atoms with Gasteiger partial charge in [0.1, 0.15) is 0 Å². The number of fused-ring (bicyclic) bond motifs is 2. The summed E-state index contributed by atoms with van der Waals surface area (Å²) in [6.45, 7) is 2.15. The van der Waals surface area contributed by atoms with Crippen molar-refractivity contribution in [3.63, 3.8) is 0 Å². The number of thioether (sulfide) groups is 1. The predicted octanol–water partition coefficient (Wildman–Crippen LogP) is 4.62. The maximum Gasteiger partial charge on any atom is 0.253 e. The number of nitrogens with one attached hydrogen (secondary N) is 1. The van der Waals surface area contributed by atoms with Gasteiger partial charge in [-0.3, -0.25) is 4.79 Å². The molecule has 3 rings (SSSR count). The first-order valence-corrected chi connectivity index (χ1v) is 9.33. The van der Waals surface area contributed by atoms with E-state index in [-0.39, 0.29) is 11.9 Å². The van der Waals surface area contributed by atoms with Crippen LogP contribution in [0.2, 0.25) is 5.02 Å². The van der Waals surface area contributed by atoms with Gasteiger partial charge in [0.25, 0.3) is 5.91 Å². The van der Waals surface area contributed by atoms with Gasteiger partial charge in [-0.2, -0.15) is 0 Å². The van der Waals surface area contributed by atoms with Crippen LogP contribution in [0.4, 0.5) is 0 Å². The summed E-state index contributed by atoms with van der Waals surface area (Å²) in [6, 6.07) is 5.88. The number of carbonyl (C=O) groups excluding carboxylic acids is 1. The minimum absolute atomic E-state index is 0.0360. The molecule has 2 bridgehead atoms. The molecule has 0 unspecified atom stereocenters. The predicted molar refractivity (Wildman–Crippen MR) is 89.1 cm³/mol. The summed E-state index contributed by atoms with van der Waals surface area (Å²) >= 11 is 7.81. The van der Waals surface area contributed by atoms with Crippen LogP contribution in [-0.4, -0.2) is 18.2 Å². The van der Waals surface area contributed by atoms with Gasteiger partial charge >= 0.3 is 0 Å². The van der Waals surface area contributed by atoms with Crippen molar-refractivity contribution in [2.45, 2.75) is 43.5 Å². The maximum atomic E-state index is 12.5. The van der Waals surface area contributed by atoms with Gasteiger partial charge < -0.3 is 5.32 Å². The molecule has 0 spiro atoms. The van der Waals surface area contributed by atoms with Crippen molar-refractivity contribution in [3.05, 3.63) is 28.8 Å². The number of halogens is 1. The Bertz CT molecular complexity index is 548. The van der Waals surface area contributed by atoms with Gasteiger partial charge in [0, 0.05) is 10.9 Å². The van der Waals surface area contributed by atoms with E-state index in [0.717, 1.165) is 16.7 Å². The number of rotatable bonds is 4. The van der Waals surface area contributed by atoms with Crippen molar-refractivity contribution in [1.82, 2.24) is 5.32 Å². The largest absolute Gasteiger partial charge is 0.349 e. The van der Waals surface area contributed by atoms with Gasteiger partial charge in [-0.25, -0.2) is 0 Å². The molecule has 2 aliphatic rings. The van der Waals surface area contributed by atoms with Gasteiger partial charge in [-0.1, -0.05) is 18.0 Å². The molecule has 0 aliphatic heterocycles. The molecule has 4 heteroatoms. The molecular formula is C17H22ClNOS. The summed E-state index contributed by atoms with van der Waals surface area (Å²) in [6.07, 6.45) is 7.39. The van der Waals surface area contributed by atoms with Crippen LogP contribution in [0.1, 0.15) is 43.0 Å². The highest BCUT2D eigenvalue weighted by molar-refractivity contribution is 7.98. The van der Waals surface area contributed by atoms with E-state index in [4.69, 9.17) is 11.6 Å². The van der Waals surface area contributed by atoms with Crippen LogP contribution in [0.15, 0.2) is 23.1 Å². The van der Waals surface area contributed by atoms with E-state index < -0.39 is 0 Å². The topological polar surface area (TPSA) is 29.1 Å². The van der Waals surface area contributed by atoms with E-state index in [9.17, 15) is 4.79 Å². The average Bonchev–Trinajstić information content (AvgIpc) is 3.10. The second-order valence-corrected chi connectivity index (χ2v) is 7.73. The molecule has 1 amide bonds. The molecule has 2 nitrogen and oxygen atoms in total. The molecule has 2 aliphatic carbocycles. The summed E-state index contributed by atoms with van der Waals surface area (Å²) < 4.78 is 0. The van der Waals surface area contributed by atoms with E-state index in [1.165, 1.54) is 25.7 Å². The Kier molecular flexibility index (Phi) is 4.51. The van der Waals surface area contributed by atoms with Crippen LogP contribution < -0.4 is 5.32 Å². The third-order valence-corrected chi connectivity index (χ3v) is 6.27. The van der Waals surface area contributed by atoms with Gasteiger partial charge in [-0.15, -0.1) is 11.8 Å². The zero-order valence-corrected chi connectivity index (χ0v) is 14.1. The van der Waals surface area contributed by atoms with Gasteiger partial charge in [-0.05, 0) is 68.4 Å². The molecule has 0 saturated heterocycles. The van der Waals surface area contributed by atoms with Gasteiger partial charge in [0.05, 0.1) is 10.6 Å².